The van der Waals surface area contributed by atoms with E-state index >= 15 is 0 Å². The lowest BCUT2D eigenvalue weighted by Gasteiger charge is -2.39. The predicted octanol–water partition coefficient (Wildman–Crippen LogP) is 1.75. The maximum Gasteiger partial charge on any atom is 0.233 e. The number of nitrogens with one attached hydrogen (secondary N) is 1. The molecule has 4 heteroatoms. The van der Waals surface area contributed by atoms with E-state index in [1.807, 2.05) is 0 Å². The van der Waals surface area contributed by atoms with Crippen molar-refractivity contribution < 1.29 is 4.79 Å². The van der Waals surface area contributed by atoms with Crippen LogP contribution in [0.25, 0.3) is 0 Å². The van der Waals surface area contributed by atoms with Crippen molar-refractivity contribution in [2.45, 2.75) is 51.5 Å². The lowest BCUT2D eigenvalue weighted by Crippen LogP contribution is -2.54. The molecule has 0 radical (unpaired) electrons. The Kier molecular flexibility index (Phi) is 3.19. The highest BCUT2D eigenvalue weighted by Gasteiger charge is 2.47. The van der Waals surface area contributed by atoms with Gasteiger partial charge in [-0.05, 0) is 38.0 Å². The summed E-state index contributed by atoms with van der Waals surface area (Å²) < 4.78 is 0. The number of carbonyl (C=O) groups excluding carboxylic acids is 1. The van der Waals surface area contributed by atoms with Gasteiger partial charge in [0.25, 0.3) is 0 Å². The second kappa shape index (κ2) is 4.32. The van der Waals surface area contributed by atoms with E-state index in [0.29, 0.717) is 11.0 Å². The topological polar surface area (TPSA) is 55.1 Å². The first-order valence-electron chi connectivity index (χ1n) is 6.15. The summed E-state index contributed by atoms with van der Waals surface area (Å²) in [5, 5.41) is 3.13. The van der Waals surface area contributed by atoms with E-state index < -0.39 is 5.41 Å². The van der Waals surface area contributed by atoms with Gasteiger partial charge < -0.3 is 11.1 Å². The minimum Gasteiger partial charge on any atom is -0.392 e. The van der Waals surface area contributed by atoms with Crippen LogP contribution in [0.3, 0.4) is 0 Å². The van der Waals surface area contributed by atoms with Crippen molar-refractivity contribution in [1.82, 2.24) is 5.32 Å². The maximum absolute atomic E-state index is 12.2. The molecule has 0 aromatic rings. The minimum absolute atomic E-state index is 0.0744. The Bertz CT molecular complexity index is 312. The van der Waals surface area contributed by atoms with E-state index in [0.717, 1.165) is 38.0 Å². The Morgan fingerprint density at radius 1 is 1.44 bits per heavy atom. The van der Waals surface area contributed by atoms with Crippen LogP contribution in [0.5, 0.6) is 0 Å². The first-order valence-corrected chi connectivity index (χ1v) is 6.56. The lowest BCUT2D eigenvalue weighted by atomic mass is 9.68. The zero-order valence-corrected chi connectivity index (χ0v) is 10.6. The molecule has 2 fully saturated rings. The molecule has 0 aromatic carbocycles. The zero-order valence-electron chi connectivity index (χ0n) is 9.79. The van der Waals surface area contributed by atoms with Crippen LogP contribution in [-0.2, 0) is 4.79 Å². The van der Waals surface area contributed by atoms with Gasteiger partial charge in [-0.25, -0.2) is 0 Å². The fraction of sp³-hybridized carbons (Fsp3) is 0.833. The van der Waals surface area contributed by atoms with E-state index in [2.05, 4.69) is 12.2 Å². The Hall–Kier alpha value is -0.640. The highest BCUT2D eigenvalue weighted by atomic mass is 32.1. The SMILES string of the molecule is CC1CCC(NC(=O)C2(C(N)=S)CCC2)C1. The Morgan fingerprint density at radius 3 is 2.50 bits per heavy atom. The fourth-order valence-electron chi connectivity index (χ4n) is 2.78. The molecule has 90 valence electrons. The second-order valence-corrected chi connectivity index (χ2v) is 5.83. The first-order chi connectivity index (χ1) is 7.54. The van der Waals surface area contributed by atoms with Crippen molar-refractivity contribution >= 4 is 23.1 Å². The third-order valence-electron chi connectivity index (χ3n) is 4.14. The molecule has 0 bridgehead atoms. The number of thiocarbonyl (C=S) groups is 1. The van der Waals surface area contributed by atoms with Gasteiger partial charge >= 0.3 is 0 Å². The summed E-state index contributed by atoms with van der Waals surface area (Å²) >= 11 is 5.04. The monoisotopic (exact) mass is 240 g/mol. The quantitative estimate of drug-likeness (QED) is 0.739. The summed E-state index contributed by atoms with van der Waals surface area (Å²) in [7, 11) is 0. The van der Waals surface area contributed by atoms with Crippen LogP contribution < -0.4 is 11.1 Å². The van der Waals surface area contributed by atoms with Crippen molar-refractivity contribution in [3.63, 3.8) is 0 Å². The average molecular weight is 240 g/mol. The molecule has 2 aliphatic carbocycles. The number of hydrogen-bond donors (Lipinski definition) is 2. The average Bonchev–Trinajstić information content (AvgIpc) is 2.47. The van der Waals surface area contributed by atoms with Crippen LogP contribution in [0.4, 0.5) is 0 Å². The van der Waals surface area contributed by atoms with Crippen LogP contribution in [0.15, 0.2) is 0 Å². The molecule has 3 N–H and O–H groups in total. The standard InChI is InChI=1S/C12H20N2OS/c1-8-3-4-9(7-8)14-11(15)12(10(13)16)5-2-6-12/h8-9H,2-7H2,1H3,(H2,13,16)(H,14,15). The summed E-state index contributed by atoms with van der Waals surface area (Å²) in [6.45, 7) is 2.23. The zero-order chi connectivity index (χ0) is 11.8. The van der Waals surface area contributed by atoms with Crippen molar-refractivity contribution in [1.29, 1.82) is 0 Å². The Morgan fingerprint density at radius 2 is 2.12 bits per heavy atom. The van der Waals surface area contributed by atoms with Gasteiger partial charge in [-0.1, -0.05) is 25.6 Å². The number of hydrogen-bond acceptors (Lipinski definition) is 2. The highest BCUT2D eigenvalue weighted by Crippen LogP contribution is 2.42. The van der Waals surface area contributed by atoms with Gasteiger partial charge in [0.2, 0.25) is 5.91 Å². The molecule has 2 aliphatic rings. The minimum atomic E-state index is -0.513. The van der Waals surface area contributed by atoms with E-state index in [9.17, 15) is 4.79 Å². The lowest BCUT2D eigenvalue weighted by molar-refractivity contribution is -0.131. The Balaban J connectivity index is 1.94. The highest BCUT2D eigenvalue weighted by molar-refractivity contribution is 7.80. The summed E-state index contributed by atoms with van der Waals surface area (Å²) in [5.74, 6) is 0.804. The molecule has 2 unspecified atom stereocenters. The molecule has 0 aromatic heterocycles. The molecule has 3 nitrogen and oxygen atoms in total. The van der Waals surface area contributed by atoms with E-state index in [1.165, 1.54) is 6.42 Å². The van der Waals surface area contributed by atoms with Crippen LogP contribution in [-0.4, -0.2) is 16.9 Å². The molecule has 1 amide bonds. The third-order valence-corrected chi connectivity index (χ3v) is 4.53. The molecular weight excluding hydrogens is 220 g/mol. The van der Waals surface area contributed by atoms with E-state index in [1.54, 1.807) is 0 Å². The van der Waals surface area contributed by atoms with Gasteiger partial charge in [0, 0.05) is 6.04 Å². The van der Waals surface area contributed by atoms with E-state index in [-0.39, 0.29) is 5.91 Å². The van der Waals surface area contributed by atoms with Crippen LogP contribution >= 0.6 is 12.2 Å². The van der Waals surface area contributed by atoms with Gasteiger partial charge in [-0.3, -0.25) is 4.79 Å². The molecule has 0 spiro atoms. The molecule has 0 aliphatic heterocycles. The normalized spacial score (nSPS) is 31.8. The van der Waals surface area contributed by atoms with Crippen molar-refractivity contribution in [2.75, 3.05) is 0 Å². The van der Waals surface area contributed by atoms with E-state index in [4.69, 9.17) is 18.0 Å². The van der Waals surface area contributed by atoms with Crippen LogP contribution in [0, 0.1) is 11.3 Å². The smallest absolute Gasteiger partial charge is 0.233 e. The number of nitrogens with two attached hydrogens (primary N) is 1. The number of amides is 1. The summed E-state index contributed by atoms with van der Waals surface area (Å²) in [4.78, 5) is 12.5. The molecule has 2 saturated carbocycles. The number of carbonyl (C=O) groups is 1. The third kappa shape index (κ3) is 1.95. The molecule has 2 rings (SSSR count). The Labute approximate surface area is 102 Å². The molecule has 2 atom stereocenters. The van der Waals surface area contributed by atoms with Crippen molar-refractivity contribution in [3.8, 4) is 0 Å². The summed E-state index contributed by atoms with van der Waals surface area (Å²) in [6, 6.07) is 0.342. The predicted molar refractivity (Wildman–Crippen MR) is 68.0 cm³/mol. The molecule has 16 heavy (non-hydrogen) atoms. The van der Waals surface area contributed by atoms with Gasteiger partial charge in [-0.15, -0.1) is 0 Å². The molecule has 0 heterocycles. The largest absolute Gasteiger partial charge is 0.392 e. The van der Waals surface area contributed by atoms with Gasteiger partial charge in [0.15, 0.2) is 0 Å². The van der Waals surface area contributed by atoms with Crippen LogP contribution in [0.2, 0.25) is 0 Å². The van der Waals surface area contributed by atoms with Crippen molar-refractivity contribution in [2.24, 2.45) is 17.1 Å². The second-order valence-electron chi connectivity index (χ2n) is 5.39. The van der Waals surface area contributed by atoms with Gasteiger partial charge in [0.05, 0.1) is 10.4 Å². The van der Waals surface area contributed by atoms with Crippen LogP contribution in [0.1, 0.15) is 45.4 Å². The van der Waals surface area contributed by atoms with Gasteiger partial charge in [-0.2, -0.15) is 0 Å². The fourth-order valence-corrected chi connectivity index (χ4v) is 3.07. The molecular formula is C12H20N2OS. The maximum atomic E-state index is 12.2. The first kappa shape index (κ1) is 11.8. The summed E-state index contributed by atoms with van der Waals surface area (Å²) in [5.41, 5.74) is 5.19. The molecule has 0 saturated heterocycles. The number of rotatable bonds is 3. The van der Waals surface area contributed by atoms with Gasteiger partial charge in [0.1, 0.15) is 0 Å². The van der Waals surface area contributed by atoms with Crippen molar-refractivity contribution in [3.05, 3.63) is 0 Å². The summed E-state index contributed by atoms with van der Waals surface area (Å²) in [6.07, 6.45) is 6.13.